The van der Waals surface area contributed by atoms with Crippen LogP contribution in [0.1, 0.15) is 39.0 Å². The van der Waals surface area contributed by atoms with Crippen LogP contribution < -0.4 is 10.2 Å². The van der Waals surface area contributed by atoms with Gasteiger partial charge in [-0.15, -0.1) is 6.42 Å². The molecule has 1 aromatic rings. The molecule has 6 heteroatoms. The quantitative estimate of drug-likeness (QED) is 0.746. The molecule has 2 heterocycles. The van der Waals surface area contributed by atoms with Gasteiger partial charge in [-0.25, -0.2) is 0 Å². The number of aromatic nitrogens is 1. The standard InChI is InChI=1S/C21H28N4O2/c1-3-17(4-2)23-20(26)15-25(19-5-6-19)21(27)16-9-13-24(14-10-16)18-7-11-22-12-8-18/h1,7-8,11-12,16-17,19H,4-6,9-10,13-15H2,2H3,(H,23,26). The van der Waals surface area contributed by atoms with E-state index in [1.54, 1.807) is 17.3 Å². The Labute approximate surface area is 161 Å². The molecule has 1 atom stereocenters. The molecule has 1 N–H and O–H groups in total. The summed E-state index contributed by atoms with van der Waals surface area (Å²) in [6.45, 7) is 3.75. The maximum atomic E-state index is 13.1. The average molecular weight is 368 g/mol. The molecule has 1 saturated carbocycles. The highest BCUT2D eigenvalue weighted by Gasteiger charge is 2.38. The van der Waals surface area contributed by atoms with Crippen molar-refractivity contribution in [3.8, 4) is 12.3 Å². The molecule has 1 aromatic heterocycles. The van der Waals surface area contributed by atoms with Crippen LogP contribution in [0.2, 0.25) is 0 Å². The van der Waals surface area contributed by atoms with Gasteiger partial charge in [0.2, 0.25) is 11.8 Å². The normalized spacial score (nSPS) is 18.4. The molecule has 1 unspecified atom stereocenters. The lowest BCUT2D eigenvalue weighted by molar-refractivity contribution is -0.140. The second-order valence-corrected chi connectivity index (χ2v) is 7.36. The molecule has 1 saturated heterocycles. The average Bonchev–Trinajstić information content (AvgIpc) is 3.55. The number of hydrogen-bond donors (Lipinski definition) is 1. The van der Waals surface area contributed by atoms with E-state index < -0.39 is 0 Å². The minimum Gasteiger partial charge on any atom is -0.371 e. The molecule has 0 aromatic carbocycles. The maximum Gasteiger partial charge on any atom is 0.240 e. The maximum absolute atomic E-state index is 13.1. The van der Waals surface area contributed by atoms with Gasteiger partial charge in [0, 0.05) is 43.1 Å². The third-order valence-corrected chi connectivity index (χ3v) is 5.40. The Kier molecular flexibility index (Phi) is 6.33. The Bertz CT molecular complexity index is 688. The van der Waals surface area contributed by atoms with E-state index in [0.29, 0.717) is 6.42 Å². The van der Waals surface area contributed by atoms with Crippen LogP contribution in [-0.4, -0.2) is 53.4 Å². The summed E-state index contributed by atoms with van der Waals surface area (Å²) in [5.74, 6) is 2.52. The number of nitrogens with one attached hydrogen (secondary N) is 1. The molecule has 6 nitrogen and oxygen atoms in total. The van der Waals surface area contributed by atoms with Gasteiger partial charge < -0.3 is 15.1 Å². The summed E-state index contributed by atoms with van der Waals surface area (Å²) in [5, 5.41) is 2.83. The Morgan fingerprint density at radius 2 is 1.96 bits per heavy atom. The lowest BCUT2D eigenvalue weighted by Gasteiger charge is -2.35. The predicted molar refractivity (Wildman–Crippen MR) is 105 cm³/mol. The van der Waals surface area contributed by atoms with E-state index >= 15 is 0 Å². The first kappa shape index (κ1) is 19.2. The van der Waals surface area contributed by atoms with E-state index in [9.17, 15) is 9.59 Å². The van der Waals surface area contributed by atoms with Crippen molar-refractivity contribution in [2.75, 3.05) is 24.5 Å². The second-order valence-electron chi connectivity index (χ2n) is 7.36. The third-order valence-electron chi connectivity index (χ3n) is 5.40. The number of terminal acetylenes is 1. The van der Waals surface area contributed by atoms with Crippen LogP contribution in [0.25, 0.3) is 0 Å². The first-order valence-corrected chi connectivity index (χ1v) is 9.83. The number of anilines is 1. The Balaban J connectivity index is 1.55. The van der Waals surface area contributed by atoms with Crippen molar-refractivity contribution in [3.05, 3.63) is 24.5 Å². The molecule has 1 aliphatic heterocycles. The van der Waals surface area contributed by atoms with Crippen LogP contribution >= 0.6 is 0 Å². The minimum atomic E-state index is -0.266. The molecule has 0 spiro atoms. The zero-order valence-corrected chi connectivity index (χ0v) is 15.9. The second kappa shape index (κ2) is 8.90. The zero-order chi connectivity index (χ0) is 19.2. The third kappa shape index (κ3) is 5.00. The monoisotopic (exact) mass is 368 g/mol. The van der Waals surface area contributed by atoms with Crippen LogP contribution in [-0.2, 0) is 9.59 Å². The van der Waals surface area contributed by atoms with Crippen LogP contribution in [0, 0.1) is 18.3 Å². The predicted octanol–water partition coefficient (Wildman–Crippen LogP) is 1.82. The molecule has 2 aliphatic rings. The smallest absolute Gasteiger partial charge is 0.240 e. The Hall–Kier alpha value is -2.55. The molecule has 1 aliphatic carbocycles. The summed E-state index contributed by atoms with van der Waals surface area (Å²) in [6.07, 6.45) is 13.3. The molecule has 27 heavy (non-hydrogen) atoms. The van der Waals surface area contributed by atoms with Gasteiger partial charge in [0.1, 0.15) is 0 Å². The van der Waals surface area contributed by atoms with Crippen molar-refractivity contribution in [3.63, 3.8) is 0 Å². The summed E-state index contributed by atoms with van der Waals surface area (Å²) < 4.78 is 0. The van der Waals surface area contributed by atoms with E-state index in [0.717, 1.165) is 44.5 Å². The highest BCUT2D eigenvalue weighted by molar-refractivity contribution is 5.87. The number of carbonyl (C=O) groups excluding carboxylic acids is 2. The number of rotatable bonds is 7. The van der Waals surface area contributed by atoms with E-state index in [2.05, 4.69) is 21.1 Å². The fourth-order valence-electron chi connectivity index (χ4n) is 3.60. The molecular weight excluding hydrogens is 340 g/mol. The summed E-state index contributed by atoms with van der Waals surface area (Å²) >= 11 is 0. The highest BCUT2D eigenvalue weighted by Crippen LogP contribution is 2.31. The van der Waals surface area contributed by atoms with Gasteiger partial charge in [-0.1, -0.05) is 12.8 Å². The van der Waals surface area contributed by atoms with Crippen molar-refractivity contribution in [1.82, 2.24) is 15.2 Å². The molecular formula is C21H28N4O2. The summed E-state index contributed by atoms with van der Waals surface area (Å²) in [4.78, 5) is 33.5. The molecule has 144 valence electrons. The SMILES string of the molecule is C#CC(CC)NC(=O)CN(C(=O)C1CCN(c2ccncc2)CC1)C1CC1. The van der Waals surface area contributed by atoms with E-state index in [1.807, 2.05) is 19.1 Å². The molecule has 0 radical (unpaired) electrons. The van der Waals surface area contributed by atoms with Gasteiger partial charge >= 0.3 is 0 Å². The number of nitrogens with zero attached hydrogens (tertiary/aromatic N) is 3. The van der Waals surface area contributed by atoms with Gasteiger partial charge in [0.25, 0.3) is 0 Å². The highest BCUT2D eigenvalue weighted by atomic mass is 16.2. The number of piperidine rings is 1. The van der Waals surface area contributed by atoms with Crippen molar-refractivity contribution in [2.24, 2.45) is 5.92 Å². The number of carbonyl (C=O) groups is 2. The molecule has 0 bridgehead atoms. The largest absolute Gasteiger partial charge is 0.371 e. The summed E-state index contributed by atoms with van der Waals surface area (Å²) in [7, 11) is 0. The number of pyridine rings is 1. The lowest BCUT2D eigenvalue weighted by Crippen LogP contribution is -2.48. The van der Waals surface area contributed by atoms with Crippen LogP contribution in [0.15, 0.2) is 24.5 Å². The fourth-order valence-corrected chi connectivity index (χ4v) is 3.60. The Morgan fingerprint density at radius 1 is 1.30 bits per heavy atom. The van der Waals surface area contributed by atoms with Gasteiger partial charge in [0.15, 0.2) is 0 Å². The van der Waals surface area contributed by atoms with E-state index in [4.69, 9.17) is 6.42 Å². The number of amides is 2. The van der Waals surface area contributed by atoms with Crippen molar-refractivity contribution in [2.45, 2.75) is 51.1 Å². The lowest BCUT2D eigenvalue weighted by atomic mass is 9.94. The fraction of sp³-hybridized carbons (Fsp3) is 0.571. The van der Waals surface area contributed by atoms with Crippen molar-refractivity contribution >= 4 is 17.5 Å². The van der Waals surface area contributed by atoms with Gasteiger partial charge in [-0.3, -0.25) is 14.6 Å². The van der Waals surface area contributed by atoms with Crippen molar-refractivity contribution in [1.29, 1.82) is 0 Å². The van der Waals surface area contributed by atoms with Gasteiger partial charge in [-0.05, 0) is 44.2 Å². The topological polar surface area (TPSA) is 65.5 Å². The molecule has 2 fully saturated rings. The van der Waals surface area contributed by atoms with Gasteiger partial charge in [-0.2, -0.15) is 0 Å². The van der Waals surface area contributed by atoms with Gasteiger partial charge in [0.05, 0.1) is 12.6 Å². The zero-order valence-electron chi connectivity index (χ0n) is 15.9. The van der Waals surface area contributed by atoms with Crippen LogP contribution in [0.4, 0.5) is 5.69 Å². The first-order valence-electron chi connectivity index (χ1n) is 9.83. The summed E-state index contributed by atoms with van der Waals surface area (Å²) in [5.41, 5.74) is 1.15. The Morgan fingerprint density at radius 3 is 2.52 bits per heavy atom. The first-order chi connectivity index (χ1) is 13.1. The molecule has 3 rings (SSSR count). The summed E-state index contributed by atoms with van der Waals surface area (Å²) in [6, 6.07) is 3.95. The minimum absolute atomic E-state index is 0.00825. The van der Waals surface area contributed by atoms with E-state index in [1.165, 1.54) is 0 Å². The van der Waals surface area contributed by atoms with Crippen LogP contribution in [0.5, 0.6) is 0 Å². The number of hydrogen-bond acceptors (Lipinski definition) is 4. The van der Waals surface area contributed by atoms with Crippen molar-refractivity contribution < 1.29 is 9.59 Å². The van der Waals surface area contributed by atoms with Crippen LogP contribution in [0.3, 0.4) is 0 Å². The molecule has 2 amide bonds. The van der Waals surface area contributed by atoms with E-state index in [-0.39, 0.29) is 36.4 Å².